The highest BCUT2D eigenvalue weighted by molar-refractivity contribution is 14.1. The summed E-state index contributed by atoms with van der Waals surface area (Å²) in [5, 5.41) is 4.42. The van der Waals surface area contributed by atoms with Gasteiger partial charge in [0.2, 0.25) is 5.91 Å². The van der Waals surface area contributed by atoms with Crippen molar-refractivity contribution in [1.29, 1.82) is 0 Å². The summed E-state index contributed by atoms with van der Waals surface area (Å²) in [5.74, 6) is -2.82. The van der Waals surface area contributed by atoms with Crippen molar-refractivity contribution >= 4 is 69.2 Å². The van der Waals surface area contributed by atoms with Crippen LogP contribution in [0, 0.1) is 11.8 Å². The first-order valence-electron chi connectivity index (χ1n) is 9.10. The van der Waals surface area contributed by atoms with Gasteiger partial charge in [-0.25, -0.2) is 4.39 Å². The first-order chi connectivity index (χ1) is 14.3. The van der Waals surface area contributed by atoms with Crippen molar-refractivity contribution in [3.05, 3.63) is 46.6 Å². The predicted molar refractivity (Wildman–Crippen MR) is 119 cm³/mol. The highest BCUT2D eigenvalue weighted by atomic mass is 127. The zero-order valence-corrected chi connectivity index (χ0v) is 20.0. The molecule has 3 unspecified atom stereocenters. The summed E-state index contributed by atoms with van der Waals surface area (Å²) in [4.78, 5) is 24.8. The second kappa shape index (κ2) is 9.23. The Balaban J connectivity index is 1.66. The SMILES string of the molecule is O=C(NCC(F)(F)F)C1=CC(NC(=O)C2[C@@H](C3=C[C@@H](I)C(F)C=C3)C2(Cl)Cl)CC=C1Cl. The Kier molecular flexibility index (Phi) is 7.40. The molecule has 31 heavy (non-hydrogen) atoms. The number of alkyl halides is 7. The summed E-state index contributed by atoms with van der Waals surface area (Å²) in [6.45, 7) is -1.50. The monoisotopic (exact) mass is 612 g/mol. The van der Waals surface area contributed by atoms with E-state index in [4.69, 9.17) is 34.8 Å². The van der Waals surface area contributed by atoms with E-state index in [1.165, 1.54) is 18.2 Å². The van der Waals surface area contributed by atoms with E-state index in [0.29, 0.717) is 5.57 Å². The van der Waals surface area contributed by atoms with Gasteiger partial charge >= 0.3 is 6.18 Å². The molecule has 0 aromatic carbocycles. The van der Waals surface area contributed by atoms with E-state index >= 15 is 0 Å². The second-order valence-electron chi connectivity index (χ2n) is 7.33. The van der Waals surface area contributed by atoms with Gasteiger partial charge in [-0.2, -0.15) is 13.2 Å². The van der Waals surface area contributed by atoms with Crippen molar-refractivity contribution in [3.63, 3.8) is 0 Å². The smallest absolute Gasteiger partial charge is 0.349 e. The van der Waals surface area contributed by atoms with Gasteiger partial charge in [0.25, 0.3) is 5.91 Å². The summed E-state index contributed by atoms with van der Waals surface area (Å²) in [7, 11) is 0. The number of hydrogen-bond acceptors (Lipinski definition) is 2. The Bertz CT molecular complexity index is 901. The van der Waals surface area contributed by atoms with Gasteiger partial charge in [0.15, 0.2) is 0 Å². The molecule has 0 aliphatic heterocycles. The van der Waals surface area contributed by atoms with Crippen molar-refractivity contribution < 1.29 is 27.2 Å². The summed E-state index contributed by atoms with van der Waals surface area (Å²) in [5.41, 5.74) is 0.491. The van der Waals surface area contributed by atoms with Gasteiger partial charge in [0.1, 0.15) is 17.0 Å². The second-order valence-corrected chi connectivity index (χ2v) is 10.6. The first-order valence-corrected chi connectivity index (χ1v) is 11.5. The predicted octanol–water partition coefficient (Wildman–Crippen LogP) is 4.66. The topological polar surface area (TPSA) is 58.2 Å². The van der Waals surface area contributed by atoms with Crippen molar-refractivity contribution in [3.8, 4) is 0 Å². The molecule has 0 spiro atoms. The van der Waals surface area contributed by atoms with Crippen molar-refractivity contribution in [2.45, 2.75) is 33.1 Å². The fourth-order valence-electron chi connectivity index (χ4n) is 3.44. The number of allylic oxidation sites excluding steroid dienone is 4. The van der Waals surface area contributed by atoms with Gasteiger partial charge in [-0.3, -0.25) is 9.59 Å². The third-order valence-corrected chi connectivity index (χ3v) is 7.37. The van der Waals surface area contributed by atoms with Crippen LogP contribution in [0.1, 0.15) is 6.42 Å². The average molecular weight is 614 g/mol. The van der Waals surface area contributed by atoms with E-state index in [2.05, 4.69) is 5.32 Å². The summed E-state index contributed by atoms with van der Waals surface area (Å²) >= 11 is 20.5. The molecule has 0 aromatic rings. The summed E-state index contributed by atoms with van der Waals surface area (Å²) in [6.07, 6.45) is 1.87. The van der Waals surface area contributed by atoms with E-state index in [1.54, 1.807) is 17.5 Å². The summed E-state index contributed by atoms with van der Waals surface area (Å²) in [6, 6.07) is -0.685. The maximum Gasteiger partial charge on any atom is 0.405 e. The number of halogens is 8. The van der Waals surface area contributed by atoms with Crippen LogP contribution in [0.25, 0.3) is 0 Å². The number of amides is 2. The highest BCUT2D eigenvalue weighted by Gasteiger charge is 2.68. The maximum absolute atomic E-state index is 13.6. The number of rotatable bonds is 5. The van der Waals surface area contributed by atoms with Gasteiger partial charge < -0.3 is 10.6 Å². The van der Waals surface area contributed by atoms with Crippen molar-refractivity contribution in [2.24, 2.45) is 11.8 Å². The lowest BCUT2D eigenvalue weighted by Crippen LogP contribution is -2.39. The molecule has 1 fully saturated rings. The Morgan fingerprint density at radius 3 is 2.55 bits per heavy atom. The van der Waals surface area contributed by atoms with E-state index in [9.17, 15) is 27.2 Å². The molecule has 3 aliphatic rings. The lowest BCUT2D eigenvalue weighted by molar-refractivity contribution is -0.136. The fraction of sp³-hybridized carbons (Fsp3) is 0.474. The molecule has 4 nitrogen and oxygen atoms in total. The molecule has 2 N–H and O–H groups in total. The number of carbonyl (C=O) groups excluding carboxylic acids is 2. The standard InChI is InChI=1S/C19H16Cl3F4IN2O2/c20-11-3-2-9(6-10(11)16(30)28-7-18(24,25)26)29-17(31)15-14(19(15,21)22)8-1-4-12(23)13(27)5-8/h1,3-6,9,12-15H,2,7H2,(H,28,30)(H,29,31)/t9?,12?,13-,14-,15?/m1/s1. The normalized spacial score (nSPS) is 31.9. The molecular weight excluding hydrogens is 597 g/mol. The van der Waals surface area contributed by atoms with E-state index in [1.807, 2.05) is 22.6 Å². The minimum Gasteiger partial charge on any atom is -0.349 e. The van der Waals surface area contributed by atoms with Crippen LogP contribution in [0.3, 0.4) is 0 Å². The lowest BCUT2D eigenvalue weighted by atomic mass is 9.99. The van der Waals surface area contributed by atoms with Gasteiger partial charge in [0.05, 0.1) is 21.5 Å². The summed E-state index contributed by atoms with van der Waals surface area (Å²) < 4.78 is 48.9. The minimum atomic E-state index is -4.57. The van der Waals surface area contributed by atoms with Crippen LogP contribution in [0.2, 0.25) is 0 Å². The van der Waals surface area contributed by atoms with Crippen LogP contribution in [0.5, 0.6) is 0 Å². The molecule has 5 atom stereocenters. The van der Waals surface area contributed by atoms with Crippen LogP contribution >= 0.6 is 57.4 Å². The van der Waals surface area contributed by atoms with Gasteiger partial charge in [-0.15, -0.1) is 23.2 Å². The van der Waals surface area contributed by atoms with Crippen LogP contribution < -0.4 is 10.6 Å². The van der Waals surface area contributed by atoms with Gasteiger partial charge in [-0.1, -0.05) is 52.4 Å². The third-order valence-electron chi connectivity index (χ3n) is 5.02. The quantitative estimate of drug-likeness (QED) is 0.270. The molecule has 2 amide bonds. The zero-order chi connectivity index (χ0) is 23.1. The molecule has 12 heteroatoms. The molecule has 1 saturated carbocycles. The Morgan fingerprint density at radius 1 is 1.26 bits per heavy atom. The number of nitrogens with one attached hydrogen (secondary N) is 2. The van der Waals surface area contributed by atoms with E-state index in [0.717, 1.165) is 0 Å². The molecule has 3 rings (SSSR count). The number of carbonyl (C=O) groups is 2. The van der Waals surface area contributed by atoms with Crippen molar-refractivity contribution in [2.75, 3.05) is 6.54 Å². The molecular formula is C19H16Cl3F4IN2O2. The third kappa shape index (κ3) is 5.78. The number of hydrogen-bond donors (Lipinski definition) is 2. The van der Waals surface area contributed by atoms with Gasteiger partial charge in [-0.05, 0) is 24.1 Å². The van der Waals surface area contributed by atoms with E-state index < -0.39 is 56.8 Å². The van der Waals surface area contributed by atoms with E-state index in [-0.39, 0.29) is 17.0 Å². The Hall–Kier alpha value is -0.780. The fourth-order valence-corrected chi connectivity index (χ4v) is 5.16. The molecule has 0 heterocycles. The van der Waals surface area contributed by atoms with Crippen LogP contribution in [-0.4, -0.2) is 45.0 Å². The molecule has 0 saturated heterocycles. The minimum absolute atomic E-state index is 0.00938. The van der Waals surface area contributed by atoms with Gasteiger partial charge in [0, 0.05) is 11.0 Å². The largest absolute Gasteiger partial charge is 0.405 e. The lowest BCUT2D eigenvalue weighted by Gasteiger charge is -2.20. The highest BCUT2D eigenvalue weighted by Crippen LogP contribution is 2.63. The first kappa shape index (κ1) is 24.9. The van der Waals surface area contributed by atoms with Crippen LogP contribution in [-0.2, 0) is 9.59 Å². The molecule has 170 valence electrons. The van der Waals surface area contributed by atoms with Crippen LogP contribution in [0.15, 0.2) is 46.6 Å². The maximum atomic E-state index is 13.6. The van der Waals surface area contributed by atoms with Crippen LogP contribution in [0.4, 0.5) is 17.6 Å². The Labute approximate surface area is 204 Å². The Morgan fingerprint density at radius 2 is 1.94 bits per heavy atom. The zero-order valence-electron chi connectivity index (χ0n) is 15.5. The molecule has 3 aliphatic carbocycles. The molecule has 0 radical (unpaired) electrons. The molecule has 0 aromatic heterocycles. The molecule has 0 bridgehead atoms. The average Bonchev–Trinajstić information content (AvgIpc) is 3.25. The van der Waals surface area contributed by atoms with Crippen molar-refractivity contribution in [1.82, 2.24) is 10.6 Å².